The van der Waals surface area contributed by atoms with Gasteiger partial charge in [0.2, 0.25) is 11.8 Å². The van der Waals surface area contributed by atoms with Crippen molar-refractivity contribution in [2.75, 3.05) is 36.3 Å². The third-order valence-corrected chi connectivity index (χ3v) is 4.09. The predicted octanol–water partition coefficient (Wildman–Crippen LogP) is 2.86. The van der Waals surface area contributed by atoms with Gasteiger partial charge in [-0.2, -0.15) is 0 Å². The zero-order valence-electron chi connectivity index (χ0n) is 16.0. The third kappa shape index (κ3) is 4.64. The minimum atomic E-state index is -0.560. The Labute approximate surface area is 163 Å². The van der Waals surface area contributed by atoms with Gasteiger partial charge in [-0.3, -0.25) is 9.59 Å². The van der Waals surface area contributed by atoms with Crippen molar-refractivity contribution in [3.63, 3.8) is 0 Å². The van der Waals surface area contributed by atoms with Crippen LogP contribution in [0.1, 0.15) is 13.8 Å². The quantitative estimate of drug-likeness (QED) is 0.707. The van der Waals surface area contributed by atoms with E-state index in [0.717, 1.165) is 0 Å². The van der Waals surface area contributed by atoms with Gasteiger partial charge in [0.25, 0.3) is 0 Å². The van der Waals surface area contributed by atoms with Crippen LogP contribution in [0, 0.1) is 0 Å². The van der Waals surface area contributed by atoms with Crippen molar-refractivity contribution >= 4 is 28.9 Å². The molecule has 148 valence electrons. The molecule has 8 nitrogen and oxygen atoms in total. The minimum Gasteiger partial charge on any atom is -0.495 e. The monoisotopic (exact) mass is 385 g/mol. The van der Waals surface area contributed by atoms with Crippen molar-refractivity contribution in [1.82, 2.24) is 0 Å². The van der Waals surface area contributed by atoms with Gasteiger partial charge in [0.05, 0.1) is 12.8 Å². The van der Waals surface area contributed by atoms with E-state index in [2.05, 4.69) is 16.0 Å². The summed E-state index contributed by atoms with van der Waals surface area (Å²) in [5, 5.41) is 8.67. The fraction of sp³-hybridized carbons (Fsp3) is 0.300. The largest absolute Gasteiger partial charge is 0.495 e. The Morgan fingerprint density at radius 3 is 2.39 bits per heavy atom. The maximum Gasteiger partial charge on any atom is 0.246 e. The maximum absolute atomic E-state index is 12.6. The van der Waals surface area contributed by atoms with Crippen molar-refractivity contribution in [3.8, 4) is 17.2 Å². The number of amides is 2. The average molecular weight is 385 g/mol. The Bertz CT molecular complexity index is 884. The minimum absolute atomic E-state index is 0.180. The van der Waals surface area contributed by atoms with Crippen molar-refractivity contribution in [1.29, 1.82) is 0 Å². The number of methoxy groups -OCH3 is 1. The van der Waals surface area contributed by atoms with Gasteiger partial charge < -0.3 is 30.2 Å². The molecule has 28 heavy (non-hydrogen) atoms. The molecule has 1 aliphatic rings. The fourth-order valence-electron chi connectivity index (χ4n) is 2.77. The first-order valence-electron chi connectivity index (χ1n) is 8.89. The van der Waals surface area contributed by atoms with Crippen LogP contribution in [0.15, 0.2) is 36.4 Å². The number of carbonyl (C=O) groups is 2. The Morgan fingerprint density at radius 2 is 1.68 bits per heavy atom. The molecule has 0 spiro atoms. The summed E-state index contributed by atoms with van der Waals surface area (Å²) in [7, 11) is 1.54. The number of fused-ring (bicyclic) bond motifs is 1. The smallest absolute Gasteiger partial charge is 0.246 e. The number of hydrogen-bond acceptors (Lipinski definition) is 6. The number of ether oxygens (including phenoxy) is 3. The Hall–Kier alpha value is -3.42. The molecule has 0 unspecified atom stereocenters. The highest BCUT2D eigenvalue weighted by Crippen LogP contribution is 2.33. The molecule has 0 aliphatic carbocycles. The molecular weight excluding hydrogens is 362 g/mol. The summed E-state index contributed by atoms with van der Waals surface area (Å²) in [6, 6.07) is 9.86. The normalized spacial score (nSPS) is 13.2. The Kier molecular flexibility index (Phi) is 5.88. The van der Waals surface area contributed by atoms with Gasteiger partial charge in [0.1, 0.15) is 25.0 Å². The topological polar surface area (TPSA) is 97.9 Å². The van der Waals surface area contributed by atoms with Crippen molar-refractivity contribution in [2.45, 2.75) is 19.9 Å². The molecule has 2 amide bonds. The second-order valence-corrected chi connectivity index (χ2v) is 6.31. The Balaban J connectivity index is 1.69. The second-order valence-electron chi connectivity index (χ2n) is 6.31. The van der Waals surface area contributed by atoms with Crippen molar-refractivity contribution in [2.24, 2.45) is 0 Å². The summed E-state index contributed by atoms with van der Waals surface area (Å²) < 4.78 is 16.3. The summed E-state index contributed by atoms with van der Waals surface area (Å²) in [5.74, 6) is 1.42. The van der Waals surface area contributed by atoms with Gasteiger partial charge in [-0.15, -0.1) is 0 Å². The van der Waals surface area contributed by atoms with E-state index in [1.807, 2.05) is 0 Å². The van der Waals surface area contributed by atoms with E-state index in [4.69, 9.17) is 14.2 Å². The number of nitrogens with one attached hydrogen (secondary N) is 3. The van der Waals surface area contributed by atoms with E-state index in [0.29, 0.717) is 47.5 Å². The molecule has 1 aliphatic heterocycles. The lowest BCUT2D eigenvalue weighted by molar-refractivity contribution is -0.116. The van der Waals surface area contributed by atoms with Crippen LogP contribution in [0.3, 0.4) is 0 Å². The van der Waals surface area contributed by atoms with Gasteiger partial charge in [-0.25, -0.2) is 0 Å². The zero-order valence-corrected chi connectivity index (χ0v) is 16.0. The lowest BCUT2D eigenvalue weighted by Crippen LogP contribution is -2.32. The third-order valence-electron chi connectivity index (χ3n) is 4.09. The first-order valence-corrected chi connectivity index (χ1v) is 8.89. The lowest BCUT2D eigenvalue weighted by Gasteiger charge is -2.20. The molecule has 0 aromatic heterocycles. The SMILES string of the molecule is COc1ccc(NC(C)=O)cc1N[C@H](C)C(=O)Nc1ccc2c(c1)OCCO2. The molecule has 8 heteroatoms. The molecule has 3 N–H and O–H groups in total. The molecule has 0 saturated carbocycles. The first-order chi connectivity index (χ1) is 13.5. The van der Waals surface area contributed by atoms with Crippen molar-refractivity contribution in [3.05, 3.63) is 36.4 Å². The maximum atomic E-state index is 12.6. The summed E-state index contributed by atoms with van der Waals surface area (Å²) in [6.07, 6.45) is 0. The highest BCUT2D eigenvalue weighted by molar-refractivity contribution is 5.97. The molecule has 0 fully saturated rings. The molecular formula is C20H23N3O5. The first kappa shape index (κ1) is 19.3. The molecule has 3 rings (SSSR count). The van der Waals surface area contributed by atoms with Gasteiger partial charge in [0, 0.05) is 24.4 Å². The van der Waals surface area contributed by atoms with Crippen LogP contribution in [0.2, 0.25) is 0 Å². The highest BCUT2D eigenvalue weighted by atomic mass is 16.6. The van der Waals surface area contributed by atoms with Crippen LogP contribution >= 0.6 is 0 Å². The predicted molar refractivity (Wildman–Crippen MR) is 106 cm³/mol. The second kappa shape index (κ2) is 8.51. The van der Waals surface area contributed by atoms with Crippen LogP contribution in [-0.4, -0.2) is 38.2 Å². The molecule has 0 bridgehead atoms. The van der Waals surface area contributed by atoms with Crippen LogP contribution in [0.5, 0.6) is 17.2 Å². The number of benzene rings is 2. The molecule has 0 saturated heterocycles. The average Bonchev–Trinajstić information content (AvgIpc) is 2.67. The van der Waals surface area contributed by atoms with E-state index in [-0.39, 0.29) is 11.8 Å². The number of carbonyl (C=O) groups excluding carboxylic acids is 2. The summed E-state index contributed by atoms with van der Waals surface area (Å²) in [6.45, 7) is 4.16. The summed E-state index contributed by atoms with van der Waals surface area (Å²) in [5.41, 5.74) is 1.82. The molecule has 2 aromatic carbocycles. The van der Waals surface area contributed by atoms with Crippen LogP contribution in [0.25, 0.3) is 0 Å². The van der Waals surface area contributed by atoms with Gasteiger partial charge in [0.15, 0.2) is 11.5 Å². The van der Waals surface area contributed by atoms with E-state index >= 15 is 0 Å². The lowest BCUT2D eigenvalue weighted by atomic mass is 10.2. The zero-order chi connectivity index (χ0) is 20.1. The van der Waals surface area contributed by atoms with E-state index in [9.17, 15) is 9.59 Å². The number of rotatable bonds is 6. The van der Waals surface area contributed by atoms with Crippen LogP contribution < -0.4 is 30.2 Å². The molecule has 1 heterocycles. The van der Waals surface area contributed by atoms with Crippen LogP contribution in [0.4, 0.5) is 17.1 Å². The summed E-state index contributed by atoms with van der Waals surface area (Å²) in [4.78, 5) is 23.9. The highest BCUT2D eigenvalue weighted by Gasteiger charge is 2.17. The van der Waals surface area contributed by atoms with Gasteiger partial charge in [-0.1, -0.05) is 0 Å². The van der Waals surface area contributed by atoms with E-state index in [1.165, 1.54) is 6.92 Å². The molecule has 2 aromatic rings. The number of anilines is 3. The van der Waals surface area contributed by atoms with Gasteiger partial charge in [-0.05, 0) is 37.3 Å². The fourth-order valence-corrected chi connectivity index (χ4v) is 2.77. The molecule has 0 radical (unpaired) electrons. The molecule has 1 atom stereocenters. The van der Waals surface area contributed by atoms with E-state index in [1.54, 1.807) is 50.4 Å². The summed E-state index contributed by atoms with van der Waals surface area (Å²) >= 11 is 0. The van der Waals surface area contributed by atoms with E-state index < -0.39 is 6.04 Å². The van der Waals surface area contributed by atoms with Crippen LogP contribution in [-0.2, 0) is 9.59 Å². The number of hydrogen-bond donors (Lipinski definition) is 3. The van der Waals surface area contributed by atoms with Crippen molar-refractivity contribution < 1.29 is 23.8 Å². The Morgan fingerprint density at radius 1 is 1.00 bits per heavy atom. The standard InChI is InChI=1S/C20H23N3O5/c1-12(21-16-10-14(22-13(2)24)4-6-17(16)26-3)20(25)23-15-5-7-18-19(11-15)28-9-8-27-18/h4-7,10-12,21H,8-9H2,1-3H3,(H,22,24)(H,23,25)/t12-/m1/s1. The van der Waals surface area contributed by atoms with Gasteiger partial charge >= 0.3 is 0 Å².